The van der Waals surface area contributed by atoms with Crippen LogP contribution in [0.1, 0.15) is 76.1 Å². The van der Waals surface area contributed by atoms with Gasteiger partial charge in [-0.3, -0.25) is 9.78 Å². The average Bonchev–Trinajstić information content (AvgIpc) is 2.94. The summed E-state index contributed by atoms with van der Waals surface area (Å²) in [6, 6.07) is 7.12. The van der Waals surface area contributed by atoms with E-state index in [0.29, 0.717) is 29.2 Å². The van der Waals surface area contributed by atoms with Gasteiger partial charge in [0.05, 0.1) is 6.20 Å². The maximum atomic E-state index is 14.1. The minimum Gasteiger partial charge on any atom is -0.490 e. The molecule has 234 valence electrons. The lowest BCUT2D eigenvalue weighted by Gasteiger charge is -2.59. The number of benzene rings is 1. The van der Waals surface area contributed by atoms with Crippen LogP contribution in [0.15, 0.2) is 43.0 Å². The number of hydrogen-bond donors (Lipinski definition) is 2. The monoisotopic (exact) mass is 602 g/mol. The third-order valence-corrected chi connectivity index (χ3v) is 9.20. The second kappa shape index (κ2) is 12.3. The summed E-state index contributed by atoms with van der Waals surface area (Å²) in [5.41, 5.74) is 3.86. The van der Waals surface area contributed by atoms with Gasteiger partial charge in [0.25, 0.3) is 0 Å². The van der Waals surface area contributed by atoms with Gasteiger partial charge in [0.15, 0.2) is 11.6 Å². The van der Waals surface area contributed by atoms with Crippen LogP contribution < -0.4 is 25.0 Å². The molecule has 10 heteroatoms. The third kappa shape index (κ3) is 6.50. The first kappa shape index (κ1) is 30.2. The number of nitrogens with zero attached hydrogens (tertiary/aromatic N) is 4. The zero-order valence-electron chi connectivity index (χ0n) is 26.1. The Hall–Kier alpha value is -3.79. The first-order valence-corrected chi connectivity index (χ1v) is 15.7. The molecule has 1 amide bonds. The molecule has 4 aliphatic rings. The SMILES string of the molecule is CC(C)NC=O.CC1(C)CC(c2cc(F)ccc2Oc2cncnc2N2CC3(CC(Oc4ccnc5c4CNCC5)C3)C2)C1. The molecule has 2 saturated carbocycles. The molecule has 0 unspecified atom stereocenters. The van der Waals surface area contributed by atoms with E-state index in [1.807, 2.05) is 26.1 Å². The number of ether oxygens (including phenoxy) is 2. The summed E-state index contributed by atoms with van der Waals surface area (Å²) in [7, 11) is 0. The highest BCUT2D eigenvalue weighted by atomic mass is 19.1. The summed E-state index contributed by atoms with van der Waals surface area (Å²) < 4.78 is 26.9. The number of fused-ring (bicyclic) bond motifs is 1. The van der Waals surface area contributed by atoms with Crippen molar-refractivity contribution in [2.75, 3.05) is 24.5 Å². The first-order chi connectivity index (χ1) is 21.1. The maximum Gasteiger partial charge on any atom is 0.207 e. The van der Waals surface area contributed by atoms with Crippen molar-refractivity contribution in [1.29, 1.82) is 0 Å². The number of rotatable bonds is 8. The van der Waals surface area contributed by atoms with Crippen LogP contribution in [0.3, 0.4) is 0 Å². The van der Waals surface area contributed by atoms with Crippen molar-refractivity contribution < 1.29 is 18.7 Å². The van der Waals surface area contributed by atoms with E-state index in [-0.39, 0.29) is 23.4 Å². The molecule has 2 aromatic heterocycles. The van der Waals surface area contributed by atoms with E-state index in [1.54, 1.807) is 24.7 Å². The predicted octanol–water partition coefficient (Wildman–Crippen LogP) is 5.54. The van der Waals surface area contributed by atoms with Crippen molar-refractivity contribution in [3.05, 3.63) is 65.6 Å². The molecule has 3 aromatic rings. The zero-order chi connectivity index (χ0) is 30.9. The number of halogens is 1. The zero-order valence-corrected chi connectivity index (χ0v) is 26.1. The van der Waals surface area contributed by atoms with Gasteiger partial charge >= 0.3 is 0 Å². The van der Waals surface area contributed by atoms with Crippen molar-refractivity contribution in [2.24, 2.45) is 10.8 Å². The lowest BCUT2D eigenvalue weighted by Crippen LogP contribution is -2.65. The number of carbonyl (C=O) groups excluding carboxylic acids is 1. The van der Waals surface area contributed by atoms with Crippen LogP contribution in [-0.4, -0.2) is 53.1 Å². The maximum absolute atomic E-state index is 14.1. The number of aromatic nitrogens is 3. The highest BCUT2D eigenvalue weighted by molar-refractivity contribution is 5.56. The quantitative estimate of drug-likeness (QED) is 0.324. The van der Waals surface area contributed by atoms with Crippen molar-refractivity contribution in [3.63, 3.8) is 0 Å². The fraction of sp³-hybridized carbons (Fsp3) is 0.529. The van der Waals surface area contributed by atoms with E-state index >= 15 is 0 Å². The van der Waals surface area contributed by atoms with Crippen LogP contribution in [0.2, 0.25) is 0 Å². The summed E-state index contributed by atoms with van der Waals surface area (Å²) >= 11 is 0. The van der Waals surface area contributed by atoms with Gasteiger partial charge in [0.2, 0.25) is 6.41 Å². The van der Waals surface area contributed by atoms with E-state index in [4.69, 9.17) is 9.47 Å². The van der Waals surface area contributed by atoms with E-state index < -0.39 is 0 Å². The van der Waals surface area contributed by atoms with Gasteiger partial charge in [0.1, 0.15) is 29.7 Å². The molecular formula is C34H43FN6O3. The standard InChI is InChI=1S/C30H34FN5O2.C4H9NO/c1-29(2)10-19(11-29)22-9-20(31)3-4-25(22)38-27-15-33-18-35-28(27)36-16-30(17-36)12-21(13-30)37-26-6-8-34-24-5-7-32-14-23(24)26;1-4(2)5-3-6/h3-4,6,8-9,15,18-19,21,32H,5,7,10-14,16-17H2,1-2H3;3-4H,1-2H3,(H,5,6). The van der Waals surface area contributed by atoms with Crippen LogP contribution in [0.5, 0.6) is 17.2 Å². The smallest absolute Gasteiger partial charge is 0.207 e. The number of amides is 1. The Labute approximate surface area is 259 Å². The number of nitrogens with one attached hydrogen (secondary N) is 2. The van der Waals surface area contributed by atoms with Gasteiger partial charge in [-0.1, -0.05) is 13.8 Å². The lowest BCUT2D eigenvalue weighted by molar-refractivity contribution is -0.109. The van der Waals surface area contributed by atoms with Gasteiger partial charge in [0, 0.05) is 67.1 Å². The fourth-order valence-electron chi connectivity index (χ4n) is 7.09. The number of hydrogen-bond acceptors (Lipinski definition) is 8. The average molecular weight is 603 g/mol. The summed E-state index contributed by atoms with van der Waals surface area (Å²) in [6.45, 7) is 12.0. The molecule has 2 N–H and O–H groups in total. The Morgan fingerprint density at radius 3 is 2.59 bits per heavy atom. The molecule has 2 aliphatic carbocycles. The normalized spacial score (nSPS) is 19.9. The fourth-order valence-corrected chi connectivity index (χ4v) is 7.09. The summed E-state index contributed by atoms with van der Waals surface area (Å²) in [4.78, 5) is 25.1. The molecular weight excluding hydrogens is 559 g/mol. The molecule has 1 spiro atoms. The van der Waals surface area contributed by atoms with Crippen molar-refractivity contribution in [3.8, 4) is 17.2 Å². The van der Waals surface area contributed by atoms with Crippen molar-refractivity contribution in [2.45, 2.75) is 84.4 Å². The van der Waals surface area contributed by atoms with Gasteiger partial charge < -0.3 is 25.0 Å². The predicted molar refractivity (Wildman–Crippen MR) is 167 cm³/mol. The number of carbonyl (C=O) groups is 1. The summed E-state index contributed by atoms with van der Waals surface area (Å²) in [5, 5.41) is 5.96. The largest absolute Gasteiger partial charge is 0.490 e. The van der Waals surface area contributed by atoms with Gasteiger partial charge in [-0.2, -0.15) is 0 Å². The molecule has 0 bridgehead atoms. The van der Waals surface area contributed by atoms with Crippen molar-refractivity contribution >= 4 is 12.2 Å². The molecule has 3 fully saturated rings. The van der Waals surface area contributed by atoms with Gasteiger partial charge in [-0.15, -0.1) is 0 Å². The van der Waals surface area contributed by atoms with Gasteiger partial charge in [-0.25, -0.2) is 14.4 Å². The Bertz CT molecular complexity index is 1480. The van der Waals surface area contributed by atoms with Gasteiger partial charge in [-0.05, 0) is 75.1 Å². The molecule has 44 heavy (non-hydrogen) atoms. The highest BCUT2D eigenvalue weighted by Crippen LogP contribution is 2.54. The molecule has 7 rings (SSSR count). The highest BCUT2D eigenvalue weighted by Gasteiger charge is 2.54. The number of pyridine rings is 1. The third-order valence-electron chi connectivity index (χ3n) is 9.20. The molecule has 4 heterocycles. The van der Waals surface area contributed by atoms with Crippen LogP contribution in [0.4, 0.5) is 10.2 Å². The van der Waals surface area contributed by atoms with E-state index in [1.165, 1.54) is 11.6 Å². The van der Waals surface area contributed by atoms with Crippen LogP contribution in [-0.2, 0) is 17.8 Å². The van der Waals surface area contributed by atoms with Crippen LogP contribution in [0, 0.1) is 16.6 Å². The first-order valence-electron chi connectivity index (χ1n) is 15.7. The molecule has 2 aliphatic heterocycles. The van der Waals surface area contributed by atoms with E-state index in [2.05, 4.69) is 44.3 Å². The molecule has 9 nitrogen and oxygen atoms in total. The van der Waals surface area contributed by atoms with Crippen LogP contribution >= 0.6 is 0 Å². The minimum atomic E-state index is -0.225. The van der Waals surface area contributed by atoms with Crippen molar-refractivity contribution in [1.82, 2.24) is 25.6 Å². The molecule has 0 radical (unpaired) electrons. The lowest BCUT2D eigenvalue weighted by atomic mass is 9.61. The Morgan fingerprint density at radius 2 is 1.89 bits per heavy atom. The second-order valence-corrected chi connectivity index (χ2v) is 13.9. The topological polar surface area (TPSA) is 102 Å². The summed E-state index contributed by atoms with van der Waals surface area (Å²) in [6.07, 6.45) is 11.2. The Kier molecular flexibility index (Phi) is 8.46. The Balaban J connectivity index is 0.000000523. The molecule has 1 saturated heterocycles. The van der Waals surface area contributed by atoms with E-state index in [0.717, 1.165) is 81.1 Å². The summed E-state index contributed by atoms with van der Waals surface area (Å²) in [5.74, 6) is 3.19. The molecule has 1 aromatic carbocycles. The number of anilines is 1. The van der Waals surface area contributed by atoms with E-state index in [9.17, 15) is 9.18 Å². The van der Waals surface area contributed by atoms with Crippen LogP contribution in [0.25, 0.3) is 0 Å². The second-order valence-electron chi connectivity index (χ2n) is 13.9. The Morgan fingerprint density at radius 1 is 1.09 bits per heavy atom. The minimum absolute atomic E-state index is 0.225. The molecule has 0 atom stereocenters.